The SMILES string of the molecule is O=C(NCCc1cccs1)c1nc2cc(C(F)(F)F)ccc2s1. The molecule has 23 heavy (non-hydrogen) atoms. The number of halogens is 3. The first-order chi connectivity index (χ1) is 10.9. The quantitative estimate of drug-likeness (QED) is 0.755. The maximum atomic E-state index is 12.7. The summed E-state index contributed by atoms with van der Waals surface area (Å²) in [4.78, 5) is 17.2. The average Bonchev–Trinajstić information content (AvgIpc) is 3.14. The maximum absolute atomic E-state index is 12.7. The molecule has 0 unspecified atom stereocenters. The Bertz CT molecular complexity index is 825. The number of amides is 1. The van der Waals surface area contributed by atoms with Gasteiger partial charge in [-0.05, 0) is 36.1 Å². The van der Waals surface area contributed by atoms with E-state index in [0.29, 0.717) is 17.7 Å². The largest absolute Gasteiger partial charge is 0.416 e. The van der Waals surface area contributed by atoms with Gasteiger partial charge in [-0.1, -0.05) is 6.07 Å². The number of thiophene rings is 1. The molecule has 3 nitrogen and oxygen atoms in total. The molecule has 1 aromatic carbocycles. The van der Waals surface area contributed by atoms with Crippen LogP contribution in [0.25, 0.3) is 10.2 Å². The number of nitrogens with zero attached hydrogens (tertiary/aromatic N) is 1. The zero-order valence-corrected chi connectivity index (χ0v) is 13.3. The van der Waals surface area contributed by atoms with Crippen molar-refractivity contribution in [2.45, 2.75) is 12.6 Å². The number of aromatic nitrogens is 1. The number of fused-ring (bicyclic) bond motifs is 1. The highest BCUT2D eigenvalue weighted by atomic mass is 32.1. The van der Waals surface area contributed by atoms with Gasteiger partial charge in [-0.3, -0.25) is 4.79 Å². The predicted octanol–water partition coefficient (Wildman–Crippen LogP) is 4.35. The van der Waals surface area contributed by atoms with Crippen molar-refractivity contribution in [3.05, 3.63) is 51.2 Å². The van der Waals surface area contributed by atoms with Gasteiger partial charge in [0.05, 0.1) is 15.8 Å². The third kappa shape index (κ3) is 3.70. The molecule has 1 amide bonds. The number of alkyl halides is 3. The summed E-state index contributed by atoms with van der Waals surface area (Å²) in [5, 5.41) is 4.87. The van der Waals surface area contributed by atoms with E-state index >= 15 is 0 Å². The maximum Gasteiger partial charge on any atom is 0.416 e. The Morgan fingerprint density at radius 3 is 2.78 bits per heavy atom. The second-order valence-electron chi connectivity index (χ2n) is 4.78. The zero-order valence-electron chi connectivity index (χ0n) is 11.7. The summed E-state index contributed by atoms with van der Waals surface area (Å²) in [5.41, 5.74) is -0.576. The van der Waals surface area contributed by atoms with Gasteiger partial charge in [0.2, 0.25) is 0 Å². The molecule has 0 aliphatic carbocycles. The molecule has 0 fully saturated rings. The standard InChI is InChI=1S/C15H11F3N2OS2/c16-15(17,18)9-3-4-12-11(8-9)20-14(23-12)13(21)19-6-5-10-2-1-7-22-10/h1-4,7-8H,5-6H2,(H,19,21). The Kier molecular flexibility index (Phi) is 4.36. The Morgan fingerprint density at radius 1 is 1.26 bits per heavy atom. The topological polar surface area (TPSA) is 42.0 Å². The summed E-state index contributed by atoms with van der Waals surface area (Å²) in [5.74, 6) is -0.365. The number of rotatable bonds is 4. The van der Waals surface area contributed by atoms with Gasteiger partial charge < -0.3 is 5.32 Å². The smallest absolute Gasteiger partial charge is 0.350 e. The lowest BCUT2D eigenvalue weighted by Crippen LogP contribution is -2.25. The minimum Gasteiger partial charge on any atom is -0.350 e. The van der Waals surface area contributed by atoms with Gasteiger partial charge in [0.15, 0.2) is 5.01 Å². The van der Waals surface area contributed by atoms with E-state index in [4.69, 9.17) is 0 Å². The van der Waals surface area contributed by atoms with Crippen molar-refractivity contribution in [1.29, 1.82) is 0 Å². The fourth-order valence-electron chi connectivity index (χ4n) is 2.03. The second kappa shape index (κ2) is 6.29. The van der Waals surface area contributed by atoms with E-state index < -0.39 is 11.7 Å². The number of hydrogen-bond acceptors (Lipinski definition) is 4. The molecule has 3 aromatic rings. The molecule has 0 saturated heterocycles. The van der Waals surface area contributed by atoms with E-state index in [9.17, 15) is 18.0 Å². The van der Waals surface area contributed by atoms with Crippen LogP contribution in [0.2, 0.25) is 0 Å². The Labute approximate surface area is 137 Å². The second-order valence-corrected chi connectivity index (χ2v) is 6.85. The van der Waals surface area contributed by atoms with Crippen LogP contribution in [0.3, 0.4) is 0 Å². The lowest BCUT2D eigenvalue weighted by Gasteiger charge is -2.04. The highest BCUT2D eigenvalue weighted by Crippen LogP contribution is 2.32. The van der Waals surface area contributed by atoms with Crippen LogP contribution in [0, 0.1) is 0 Å². The van der Waals surface area contributed by atoms with Crippen LogP contribution in [0.1, 0.15) is 20.2 Å². The van der Waals surface area contributed by atoms with Gasteiger partial charge in [-0.15, -0.1) is 22.7 Å². The van der Waals surface area contributed by atoms with Crippen LogP contribution in [0.15, 0.2) is 35.7 Å². The van der Waals surface area contributed by atoms with Crippen molar-refractivity contribution in [1.82, 2.24) is 10.3 Å². The first-order valence-corrected chi connectivity index (χ1v) is 8.41. The highest BCUT2D eigenvalue weighted by Gasteiger charge is 2.30. The zero-order chi connectivity index (χ0) is 16.4. The Morgan fingerprint density at radius 2 is 2.09 bits per heavy atom. The monoisotopic (exact) mass is 356 g/mol. The van der Waals surface area contributed by atoms with Crippen LogP contribution in [0.4, 0.5) is 13.2 Å². The minimum atomic E-state index is -4.42. The van der Waals surface area contributed by atoms with Crippen molar-refractivity contribution in [2.75, 3.05) is 6.54 Å². The Hall–Kier alpha value is -1.93. The van der Waals surface area contributed by atoms with E-state index in [1.165, 1.54) is 6.07 Å². The molecule has 3 rings (SSSR count). The molecule has 2 aromatic heterocycles. The number of carbonyl (C=O) groups is 1. The fourth-order valence-corrected chi connectivity index (χ4v) is 3.60. The van der Waals surface area contributed by atoms with Crippen molar-refractivity contribution in [3.8, 4) is 0 Å². The molecule has 0 spiro atoms. The average molecular weight is 356 g/mol. The first kappa shape index (κ1) is 15.9. The van der Waals surface area contributed by atoms with Crippen molar-refractivity contribution in [3.63, 3.8) is 0 Å². The van der Waals surface area contributed by atoms with Crippen LogP contribution in [0.5, 0.6) is 0 Å². The number of carbonyl (C=O) groups excluding carboxylic acids is 1. The summed E-state index contributed by atoms with van der Waals surface area (Å²) in [7, 11) is 0. The third-order valence-corrected chi connectivity index (χ3v) is 5.12. The summed E-state index contributed by atoms with van der Waals surface area (Å²) in [6.45, 7) is 0.461. The normalized spacial score (nSPS) is 11.8. The molecule has 0 aliphatic rings. The molecule has 8 heteroatoms. The summed E-state index contributed by atoms with van der Waals surface area (Å²) >= 11 is 2.69. The summed E-state index contributed by atoms with van der Waals surface area (Å²) < 4.78 is 38.6. The van der Waals surface area contributed by atoms with Crippen LogP contribution < -0.4 is 5.32 Å². The van der Waals surface area contributed by atoms with Gasteiger partial charge in [0.25, 0.3) is 5.91 Å². The van der Waals surface area contributed by atoms with Gasteiger partial charge in [-0.2, -0.15) is 13.2 Å². The molecule has 1 N–H and O–H groups in total. The van der Waals surface area contributed by atoms with Gasteiger partial charge in [-0.25, -0.2) is 4.98 Å². The minimum absolute atomic E-state index is 0.172. The van der Waals surface area contributed by atoms with E-state index in [-0.39, 0.29) is 16.4 Å². The lowest BCUT2D eigenvalue weighted by molar-refractivity contribution is -0.137. The molecule has 120 valence electrons. The van der Waals surface area contributed by atoms with Gasteiger partial charge >= 0.3 is 6.18 Å². The number of thiazole rings is 1. The van der Waals surface area contributed by atoms with Crippen LogP contribution in [-0.4, -0.2) is 17.4 Å². The molecular formula is C15H11F3N2OS2. The molecule has 0 saturated carbocycles. The molecule has 0 atom stereocenters. The number of nitrogens with one attached hydrogen (secondary N) is 1. The molecule has 0 radical (unpaired) electrons. The number of hydrogen-bond donors (Lipinski definition) is 1. The fraction of sp³-hybridized carbons (Fsp3) is 0.200. The van der Waals surface area contributed by atoms with Crippen LogP contribution >= 0.6 is 22.7 Å². The molecule has 0 bridgehead atoms. The number of benzene rings is 1. The van der Waals surface area contributed by atoms with Crippen molar-refractivity contribution in [2.24, 2.45) is 0 Å². The van der Waals surface area contributed by atoms with E-state index in [1.54, 1.807) is 11.3 Å². The third-order valence-electron chi connectivity index (χ3n) is 3.15. The van der Waals surface area contributed by atoms with Gasteiger partial charge in [0, 0.05) is 11.4 Å². The molecule has 2 heterocycles. The van der Waals surface area contributed by atoms with Crippen LogP contribution in [-0.2, 0) is 12.6 Å². The van der Waals surface area contributed by atoms with E-state index in [1.807, 2.05) is 17.5 Å². The lowest BCUT2D eigenvalue weighted by atomic mass is 10.2. The summed E-state index contributed by atoms with van der Waals surface area (Å²) in [6.07, 6.45) is -3.70. The first-order valence-electron chi connectivity index (χ1n) is 6.72. The van der Waals surface area contributed by atoms with Gasteiger partial charge in [0.1, 0.15) is 0 Å². The Balaban J connectivity index is 1.70. The predicted molar refractivity (Wildman–Crippen MR) is 85.0 cm³/mol. The molecular weight excluding hydrogens is 345 g/mol. The molecule has 0 aliphatic heterocycles. The van der Waals surface area contributed by atoms with Crippen molar-refractivity contribution >= 4 is 38.8 Å². The summed E-state index contributed by atoms with van der Waals surface area (Å²) in [6, 6.07) is 7.23. The highest BCUT2D eigenvalue weighted by molar-refractivity contribution is 7.20. The van der Waals surface area contributed by atoms with Crippen molar-refractivity contribution < 1.29 is 18.0 Å². The van der Waals surface area contributed by atoms with E-state index in [2.05, 4.69) is 10.3 Å². The van der Waals surface area contributed by atoms with E-state index in [0.717, 1.165) is 28.3 Å².